The van der Waals surface area contributed by atoms with Crippen LogP contribution in [0.4, 0.5) is 17.2 Å². The van der Waals surface area contributed by atoms with Gasteiger partial charge in [-0.25, -0.2) is 9.97 Å². The van der Waals surface area contributed by atoms with Gasteiger partial charge >= 0.3 is 0 Å². The summed E-state index contributed by atoms with van der Waals surface area (Å²) in [4.78, 5) is 47.8. The summed E-state index contributed by atoms with van der Waals surface area (Å²) < 4.78 is 0. The molecule has 3 rings (SSSR count). The van der Waals surface area contributed by atoms with E-state index in [0.717, 1.165) is 0 Å². The Morgan fingerprint density at radius 2 is 1.48 bits per heavy atom. The molecule has 2 N–H and O–H groups in total. The summed E-state index contributed by atoms with van der Waals surface area (Å²) >= 11 is 0. The predicted octanol–water partition coefficient (Wildman–Crippen LogP) is 1.66. The fourth-order valence-corrected chi connectivity index (χ4v) is 3.12. The summed E-state index contributed by atoms with van der Waals surface area (Å²) in [5.41, 5.74) is 1.52. The maximum Gasteiger partial charge on any atom is 0.274 e. The molecule has 0 spiro atoms. The summed E-state index contributed by atoms with van der Waals surface area (Å²) in [5.74, 6) is 0.740. The third-order valence-corrected chi connectivity index (χ3v) is 4.57. The van der Waals surface area contributed by atoms with Crippen LogP contribution in [0.15, 0.2) is 30.3 Å². The first kappa shape index (κ1) is 20.2. The van der Waals surface area contributed by atoms with Crippen LogP contribution in [0.2, 0.25) is 0 Å². The van der Waals surface area contributed by atoms with Crippen molar-refractivity contribution >= 4 is 34.9 Å². The minimum atomic E-state index is -0.341. The fraction of sp³-hybridized carbons (Fsp3) is 0.350. The van der Waals surface area contributed by atoms with Crippen molar-refractivity contribution in [3.8, 4) is 0 Å². The molecule has 9 nitrogen and oxygen atoms in total. The Labute approximate surface area is 169 Å². The van der Waals surface area contributed by atoms with E-state index in [1.54, 1.807) is 49.1 Å². The van der Waals surface area contributed by atoms with E-state index in [9.17, 15) is 14.4 Å². The second-order valence-electron chi connectivity index (χ2n) is 6.86. The zero-order chi connectivity index (χ0) is 21.0. The van der Waals surface area contributed by atoms with Crippen LogP contribution in [0.25, 0.3) is 0 Å². The highest BCUT2D eigenvalue weighted by Gasteiger charge is 2.21. The van der Waals surface area contributed by atoms with Gasteiger partial charge in [0.1, 0.15) is 17.3 Å². The van der Waals surface area contributed by atoms with Gasteiger partial charge in [0.05, 0.1) is 0 Å². The molecule has 1 aromatic heterocycles. The highest BCUT2D eigenvalue weighted by molar-refractivity contribution is 6.03. The molecule has 2 heterocycles. The SMILES string of the molecule is CC(=O)Nc1ccc(NC(=O)c2cc(N3CCN(C(C)=O)CC3)nc(C)n2)cc1. The minimum absolute atomic E-state index is 0.0631. The maximum absolute atomic E-state index is 12.7. The quantitative estimate of drug-likeness (QED) is 0.814. The molecule has 29 heavy (non-hydrogen) atoms. The van der Waals surface area contributed by atoms with Gasteiger partial charge < -0.3 is 20.4 Å². The average Bonchev–Trinajstić information content (AvgIpc) is 2.68. The first-order chi connectivity index (χ1) is 13.8. The van der Waals surface area contributed by atoms with E-state index in [2.05, 4.69) is 20.6 Å². The standard InChI is InChI=1S/C20H24N6O3/c1-13-21-18(12-19(22-13)26-10-8-25(9-11-26)15(3)28)20(29)24-17-6-4-16(5-7-17)23-14(2)27/h4-7,12H,8-11H2,1-3H3,(H,23,27)(H,24,29). The van der Waals surface area contributed by atoms with Crippen molar-refractivity contribution in [3.05, 3.63) is 41.9 Å². The van der Waals surface area contributed by atoms with Crippen molar-refractivity contribution < 1.29 is 14.4 Å². The Kier molecular flexibility index (Phi) is 6.06. The number of carbonyl (C=O) groups excluding carboxylic acids is 3. The van der Waals surface area contributed by atoms with Gasteiger partial charge in [0.15, 0.2) is 0 Å². The van der Waals surface area contributed by atoms with Crippen LogP contribution in [0.1, 0.15) is 30.2 Å². The van der Waals surface area contributed by atoms with Crippen LogP contribution in [0.5, 0.6) is 0 Å². The largest absolute Gasteiger partial charge is 0.353 e. The molecule has 0 bridgehead atoms. The number of aromatic nitrogens is 2. The lowest BCUT2D eigenvalue weighted by atomic mass is 10.2. The van der Waals surface area contributed by atoms with Gasteiger partial charge in [-0.3, -0.25) is 14.4 Å². The Balaban J connectivity index is 1.69. The normalized spacial score (nSPS) is 13.8. The first-order valence-electron chi connectivity index (χ1n) is 9.37. The van der Waals surface area contributed by atoms with Crippen LogP contribution in [0.3, 0.4) is 0 Å². The van der Waals surface area contributed by atoms with Gasteiger partial charge in [0.25, 0.3) is 5.91 Å². The monoisotopic (exact) mass is 396 g/mol. The van der Waals surface area contributed by atoms with Crippen LogP contribution < -0.4 is 15.5 Å². The van der Waals surface area contributed by atoms with E-state index < -0.39 is 0 Å². The van der Waals surface area contributed by atoms with Gasteiger partial charge in [-0.2, -0.15) is 0 Å². The Morgan fingerprint density at radius 1 is 0.897 bits per heavy atom. The van der Waals surface area contributed by atoms with Gasteiger partial charge in [-0.1, -0.05) is 0 Å². The summed E-state index contributed by atoms with van der Waals surface area (Å²) in [5, 5.41) is 5.48. The molecule has 1 aromatic carbocycles. The third kappa shape index (κ3) is 5.28. The highest BCUT2D eigenvalue weighted by Crippen LogP contribution is 2.18. The topological polar surface area (TPSA) is 108 Å². The average molecular weight is 396 g/mol. The first-order valence-corrected chi connectivity index (χ1v) is 9.37. The van der Waals surface area contributed by atoms with E-state index in [0.29, 0.717) is 49.2 Å². The number of hydrogen-bond donors (Lipinski definition) is 2. The van der Waals surface area contributed by atoms with Gasteiger partial charge in [0.2, 0.25) is 11.8 Å². The summed E-state index contributed by atoms with van der Waals surface area (Å²) in [7, 11) is 0. The number of hydrogen-bond acceptors (Lipinski definition) is 6. The third-order valence-electron chi connectivity index (χ3n) is 4.57. The molecule has 1 fully saturated rings. The lowest BCUT2D eigenvalue weighted by molar-refractivity contribution is -0.129. The van der Waals surface area contributed by atoms with Crippen molar-refractivity contribution in [2.45, 2.75) is 20.8 Å². The van der Waals surface area contributed by atoms with Gasteiger partial charge in [-0.05, 0) is 31.2 Å². The molecule has 0 unspecified atom stereocenters. The summed E-state index contributed by atoms with van der Waals surface area (Å²) in [6.07, 6.45) is 0. The summed E-state index contributed by atoms with van der Waals surface area (Å²) in [6, 6.07) is 8.50. The van der Waals surface area contributed by atoms with Crippen LogP contribution in [0, 0.1) is 6.92 Å². The van der Waals surface area contributed by atoms with Crippen molar-refractivity contribution in [2.24, 2.45) is 0 Å². The molecule has 0 radical (unpaired) electrons. The molecule has 2 aromatic rings. The molecule has 1 aliphatic heterocycles. The number of anilines is 3. The number of benzene rings is 1. The molecular weight excluding hydrogens is 372 g/mol. The van der Waals surface area contributed by atoms with E-state index in [-0.39, 0.29) is 23.4 Å². The molecule has 0 aliphatic carbocycles. The molecule has 0 atom stereocenters. The second kappa shape index (κ2) is 8.68. The number of carbonyl (C=O) groups is 3. The van der Waals surface area contributed by atoms with Gasteiger partial charge in [0, 0.05) is 57.5 Å². The van der Waals surface area contributed by atoms with E-state index in [1.807, 2.05) is 4.90 Å². The Hall–Kier alpha value is -3.49. The molecule has 9 heteroatoms. The number of aryl methyl sites for hydroxylation is 1. The Morgan fingerprint density at radius 3 is 2.03 bits per heavy atom. The molecule has 1 aliphatic rings. The maximum atomic E-state index is 12.7. The molecule has 152 valence electrons. The van der Waals surface area contributed by atoms with E-state index in [1.165, 1.54) is 6.92 Å². The second-order valence-corrected chi connectivity index (χ2v) is 6.86. The summed E-state index contributed by atoms with van der Waals surface area (Å²) in [6.45, 7) is 7.30. The predicted molar refractivity (Wildman–Crippen MR) is 110 cm³/mol. The lowest BCUT2D eigenvalue weighted by Gasteiger charge is -2.35. The van der Waals surface area contributed by atoms with Crippen molar-refractivity contribution in [1.82, 2.24) is 14.9 Å². The number of rotatable bonds is 4. The zero-order valence-electron chi connectivity index (χ0n) is 16.7. The molecular formula is C20H24N6O3. The number of nitrogens with one attached hydrogen (secondary N) is 2. The lowest BCUT2D eigenvalue weighted by Crippen LogP contribution is -2.48. The van der Waals surface area contributed by atoms with Crippen molar-refractivity contribution in [1.29, 1.82) is 0 Å². The van der Waals surface area contributed by atoms with Crippen LogP contribution >= 0.6 is 0 Å². The molecule has 0 saturated carbocycles. The van der Waals surface area contributed by atoms with Crippen LogP contribution in [-0.4, -0.2) is 58.8 Å². The van der Waals surface area contributed by atoms with Crippen LogP contribution in [-0.2, 0) is 9.59 Å². The number of amides is 3. The van der Waals surface area contributed by atoms with Crippen molar-refractivity contribution in [2.75, 3.05) is 41.7 Å². The zero-order valence-corrected chi connectivity index (χ0v) is 16.7. The minimum Gasteiger partial charge on any atom is -0.353 e. The van der Waals surface area contributed by atoms with E-state index in [4.69, 9.17) is 0 Å². The number of piperazine rings is 1. The van der Waals surface area contributed by atoms with E-state index >= 15 is 0 Å². The Bertz CT molecular complexity index is 920. The fourth-order valence-electron chi connectivity index (χ4n) is 3.12. The smallest absolute Gasteiger partial charge is 0.274 e. The van der Waals surface area contributed by atoms with Gasteiger partial charge in [-0.15, -0.1) is 0 Å². The van der Waals surface area contributed by atoms with Crippen molar-refractivity contribution in [3.63, 3.8) is 0 Å². The highest BCUT2D eigenvalue weighted by atomic mass is 16.2. The number of nitrogens with zero attached hydrogens (tertiary/aromatic N) is 4. The molecule has 3 amide bonds. The molecule has 1 saturated heterocycles.